The van der Waals surface area contributed by atoms with Crippen LogP contribution in [0.3, 0.4) is 0 Å². The molecule has 0 atom stereocenters. The molecule has 0 aromatic carbocycles. The minimum absolute atomic E-state index is 0.458. The Kier molecular flexibility index (Phi) is 7.20. The number of rotatable bonds is 7. The molecule has 0 aliphatic carbocycles. The van der Waals surface area contributed by atoms with Crippen LogP contribution in [-0.2, 0) is 0 Å². The van der Waals surface area contributed by atoms with E-state index < -0.39 is 0 Å². The number of hydrogen-bond acceptors (Lipinski definition) is 2. The van der Waals surface area contributed by atoms with Crippen molar-refractivity contribution in [2.45, 2.75) is 41.0 Å². The second-order valence-electron chi connectivity index (χ2n) is 6.21. The van der Waals surface area contributed by atoms with E-state index in [1.165, 1.54) is 13.0 Å². The van der Waals surface area contributed by atoms with Crippen LogP contribution in [0.25, 0.3) is 0 Å². The van der Waals surface area contributed by atoms with Gasteiger partial charge in [-0.15, -0.1) is 0 Å². The average molecular weight is 214 g/mol. The zero-order valence-corrected chi connectivity index (χ0v) is 11.6. The van der Waals surface area contributed by atoms with Gasteiger partial charge in [-0.3, -0.25) is 0 Å². The standard InChI is InChI=1S/C13H30N2/c1-12(2)11-14-8-10-15(6)9-7-13(3,4)5/h12,14H,7-11H2,1-6H3. The van der Waals surface area contributed by atoms with Crippen molar-refractivity contribution >= 4 is 0 Å². The number of nitrogens with one attached hydrogen (secondary N) is 1. The largest absolute Gasteiger partial charge is 0.315 e. The quantitative estimate of drug-likeness (QED) is 0.655. The molecule has 0 rings (SSSR count). The third kappa shape index (κ3) is 11.8. The van der Waals surface area contributed by atoms with Crippen molar-refractivity contribution in [1.82, 2.24) is 10.2 Å². The fourth-order valence-corrected chi connectivity index (χ4v) is 1.30. The number of nitrogens with zero attached hydrogens (tertiary/aromatic N) is 1. The maximum atomic E-state index is 3.47. The highest BCUT2D eigenvalue weighted by molar-refractivity contribution is 4.64. The summed E-state index contributed by atoms with van der Waals surface area (Å²) in [5.74, 6) is 0.755. The SMILES string of the molecule is CC(C)CNCCN(C)CCC(C)(C)C. The van der Waals surface area contributed by atoms with E-state index in [2.05, 4.69) is 51.9 Å². The van der Waals surface area contributed by atoms with Crippen molar-refractivity contribution in [3.05, 3.63) is 0 Å². The highest BCUT2D eigenvalue weighted by Crippen LogP contribution is 2.18. The van der Waals surface area contributed by atoms with Gasteiger partial charge in [-0.2, -0.15) is 0 Å². The summed E-state index contributed by atoms with van der Waals surface area (Å²) in [5.41, 5.74) is 0.458. The Bertz CT molecular complexity index is 147. The van der Waals surface area contributed by atoms with Gasteiger partial charge in [-0.1, -0.05) is 34.6 Å². The van der Waals surface area contributed by atoms with Crippen LogP contribution >= 0.6 is 0 Å². The molecule has 15 heavy (non-hydrogen) atoms. The molecule has 92 valence electrons. The zero-order chi connectivity index (χ0) is 11.9. The predicted molar refractivity (Wildman–Crippen MR) is 69.3 cm³/mol. The Labute approximate surface area is 96.4 Å². The monoisotopic (exact) mass is 214 g/mol. The summed E-state index contributed by atoms with van der Waals surface area (Å²) in [7, 11) is 2.21. The van der Waals surface area contributed by atoms with Gasteiger partial charge in [-0.25, -0.2) is 0 Å². The van der Waals surface area contributed by atoms with Crippen LogP contribution in [0.4, 0.5) is 0 Å². The molecule has 2 nitrogen and oxygen atoms in total. The molecule has 0 aliphatic heterocycles. The molecule has 0 saturated carbocycles. The van der Waals surface area contributed by atoms with Gasteiger partial charge in [-0.05, 0) is 37.9 Å². The first-order valence-electron chi connectivity index (χ1n) is 6.20. The first-order chi connectivity index (χ1) is 6.81. The van der Waals surface area contributed by atoms with Crippen LogP contribution in [0, 0.1) is 11.3 Å². The molecule has 2 heteroatoms. The van der Waals surface area contributed by atoms with E-state index >= 15 is 0 Å². The van der Waals surface area contributed by atoms with Crippen molar-refractivity contribution in [2.75, 3.05) is 33.2 Å². The maximum Gasteiger partial charge on any atom is 0.0104 e. The minimum atomic E-state index is 0.458. The summed E-state index contributed by atoms with van der Waals surface area (Å²) in [6.45, 7) is 16.0. The molecule has 0 aromatic rings. The van der Waals surface area contributed by atoms with Crippen LogP contribution in [0.1, 0.15) is 41.0 Å². The van der Waals surface area contributed by atoms with E-state index in [1.54, 1.807) is 0 Å². The van der Waals surface area contributed by atoms with Crippen molar-refractivity contribution in [2.24, 2.45) is 11.3 Å². The molecule has 0 amide bonds. The van der Waals surface area contributed by atoms with E-state index in [9.17, 15) is 0 Å². The maximum absolute atomic E-state index is 3.47. The van der Waals surface area contributed by atoms with Gasteiger partial charge < -0.3 is 10.2 Å². The fraction of sp³-hybridized carbons (Fsp3) is 1.00. The van der Waals surface area contributed by atoms with Crippen molar-refractivity contribution in [3.8, 4) is 0 Å². The first-order valence-corrected chi connectivity index (χ1v) is 6.20. The second-order valence-corrected chi connectivity index (χ2v) is 6.21. The summed E-state index contributed by atoms with van der Waals surface area (Å²) < 4.78 is 0. The van der Waals surface area contributed by atoms with E-state index in [0.29, 0.717) is 5.41 Å². The molecule has 0 fully saturated rings. The lowest BCUT2D eigenvalue weighted by molar-refractivity contribution is 0.263. The summed E-state index contributed by atoms with van der Waals surface area (Å²) in [4.78, 5) is 2.42. The third-order valence-corrected chi connectivity index (χ3v) is 2.47. The third-order valence-electron chi connectivity index (χ3n) is 2.47. The molecule has 0 aromatic heterocycles. The minimum Gasteiger partial charge on any atom is -0.315 e. The summed E-state index contributed by atoms with van der Waals surface area (Å²) >= 11 is 0. The van der Waals surface area contributed by atoms with Crippen molar-refractivity contribution < 1.29 is 0 Å². The molecular weight excluding hydrogens is 184 g/mol. The Morgan fingerprint density at radius 1 is 1.13 bits per heavy atom. The van der Waals surface area contributed by atoms with Gasteiger partial charge in [0.25, 0.3) is 0 Å². The molecule has 0 saturated heterocycles. The van der Waals surface area contributed by atoms with Gasteiger partial charge >= 0.3 is 0 Å². The Hall–Kier alpha value is -0.0800. The van der Waals surface area contributed by atoms with Gasteiger partial charge in [0.2, 0.25) is 0 Å². The summed E-state index contributed by atoms with van der Waals surface area (Å²) in [6, 6.07) is 0. The topological polar surface area (TPSA) is 15.3 Å². The van der Waals surface area contributed by atoms with Gasteiger partial charge in [0.15, 0.2) is 0 Å². The second kappa shape index (κ2) is 7.24. The molecule has 0 aliphatic rings. The van der Waals surface area contributed by atoms with Crippen molar-refractivity contribution in [3.63, 3.8) is 0 Å². The Morgan fingerprint density at radius 2 is 1.73 bits per heavy atom. The van der Waals surface area contributed by atoms with E-state index in [-0.39, 0.29) is 0 Å². The molecule has 0 bridgehead atoms. The lowest BCUT2D eigenvalue weighted by Crippen LogP contribution is -2.32. The number of likely N-dealkylation sites (N-methyl/N-ethyl adjacent to an activating group) is 1. The van der Waals surface area contributed by atoms with Crippen LogP contribution < -0.4 is 5.32 Å². The molecule has 0 spiro atoms. The molecule has 0 unspecified atom stereocenters. The zero-order valence-electron chi connectivity index (χ0n) is 11.6. The highest BCUT2D eigenvalue weighted by Gasteiger charge is 2.10. The van der Waals surface area contributed by atoms with Crippen LogP contribution in [0.15, 0.2) is 0 Å². The smallest absolute Gasteiger partial charge is 0.0104 e. The van der Waals surface area contributed by atoms with Crippen LogP contribution in [0.5, 0.6) is 0 Å². The van der Waals surface area contributed by atoms with Crippen LogP contribution in [-0.4, -0.2) is 38.1 Å². The highest BCUT2D eigenvalue weighted by atomic mass is 15.1. The predicted octanol–water partition coefficient (Wildman–Crippen LogP) is 2.60. The molecule has 0 radical (unpaired) electrons. The van der Waals surface area contributed by atoms with Crippen LogP contribution in [0.2, 0.25) is 0 Å². The summed E-state index contributed by atoms with van der Waals surface area (Å²) in [5, 5.41) is 3.47. The van der Waals surface area contributed by atoms with Gasteiger partial charge in [0.1, 0.15) is 0 Å². The summed E-state index contributed by atoms with van der Waals surface area (Å²) in [6.07, 6.45) is 1.27. The lowest BCUT2D eigenvalue weighted by Gasteiger charge is -2.23. The normalized spacial score (nSPS) is 12.8. The Balaban J connectivity index is 3.38. The molecular formula is C13H30N2. The average Bonchev–Trinajstić information content (AvgIpc) is 2.07. The van der Waals surface area contributed by atoms with Crippen molar-refractivity contribution in [1.29, 1.82) is 0 Å². The lowest BCUT2D eigenvalue weighted by atomic mass is 9.92. The fourth-order valence-electron chi connectivity index (χ4n) is 1.30. The van der Waals surface area contributed by atoms with E-state index in [4.69, 9.17) is 0 Å². The van der Waals surface area contributed by atoms with Gasteiger partial charge in [0.05, 0.1) is 0 Å². The van der Waals surface area contributed by atoms with E-state index in [0.717, 1.165) is 25.6 Å². The number of hydrogen-bond donors (Lipinski definition) is 1. The van der Waals surface area contributed by atoms with Gasteiger partial charge in [0, 0.05) is 13.1 Å². The van der Waals surface area contributed by atoms with E-state index in [1.807, 2.05) is 0 Å². The molecule has 0 heterocycles. The first kappa shape index (κ1) is 14.9. The molecule has 1 N–H and O–H groups in total. The Morgan fingerprint density at radius 3 is 2.20 bits per heavy atom.